The summed E-state index contributed by atoms with van der Waals surface area (Å²) in [4.78, 5) is 2.84. The Kier molecular flexibility index (Phi) is 3.71. The van der Waals surface area contributed by atoms with E-state index >= 15 is 0 Å². The number of hydrogen-bond donors (Lipinski definition) is 0. The van der Waals surface area contributed by atoms with Crippen molar-refractivity contribution >= 4 is 0 Å². The molecule has 3 aliphatic carbocycles. The summed E-state index contributed by atoms with van der Waals surface area (Å²) >= 11 is 0. The predicted molar refractivity (Wildman–Crippen MR) is 103 cm³/mol. The molecule has 4 heteroatoms. The van der Waals surface area contributed by atoms with Gasteiger partial charge in [-0.1, -0.05) is 6.07 Å². The average molecular weight is 370 g/mol. The SMILES string of the molecule is COc1ccc2c(c1)[C@]13CCN(CC4CC4)[C@H](C2)[C@@H]1CC1(CC3)OCCO1. The second-order valence-electron chi connectivity index (χ2n) is 9.56. The Morgan fingerprint density at radius 2 is 2.00 bits per heavy atom. The molecule has 27 heavy (non-hydrogen) atoms. The Morgan fingerprint density at radius 3 is 2.78 bits per heavy atom. The molecule has 0 aromatic heterocycles. The summed E-state index contributed by atoms with van der Waals surface area (Å²) in [5, 5.41) is 0. The molecule has 1 spiro atoms. The van der Waals surface area contributed by atoms with Gasteiger partial charge in [0.2, 0.25) is 0 Å². The second-order valence-corrected chi connectivity index (χ2v) is 9.56. The van der Waals surface area contributed by atoms with Gasteiger partial charge in [0.25, 0.3) is 0 Å². The van der Waals surface area contributed by atoms with Crippen molar-refractivity contribution in [3.8, 4) is 5.75 Å². The Hall–Kier alpha value is -1.10. The highest BCUT2D eigenvalue weighted by Gasteiger charge is 2.60. The summed E-state index contributed by atoms with van der Waals surface area (Å²) in [5.41, 5.74) is 3.41. The standard InChI is InChI=1S/C23H31NO3/c1-25-18-5-4-17-12-21-20-14-23(26-10-11-27-23)7-6-22(20,19(17)13-18)8-9-24(21)15-16-2-3-16/h4-5,13,16,20-21H,2-3,6-12,14-15H2,1H3/t20-,21+,22-/m0/s1. The number of ether oxygens (including phenoxy) is 3. The lowest BCUT2D eigenvalue weighted by atomic mass is 9.51. The van der Waals surface area contributed by atoms with E-state index in [4.69, 9.17) is 14.2 Å². The zero-order valence-corrected chi connectivity index (χ0v) is 16.4. The molecule has 0 unspecified atom stereocenters. The second kappa shape index (κ2) is 5.95. The summed E-state index contributed by atoms with van der Waals surface area (Å²) in [6, 6.07) is 7.49. The van der Waals surface area contributed by atoms with Crippen LogP contribution in [0.3, 0.4) is 0 Å². The van der Waals surface area contributed by atoms with Gasteiger partial charge in [-0.05, 0) is 73.7 Å². The molecule has 6 rings (SSSR count). The van der Waals surface area contributed by atoms with Crippen molar-refractivity contribution in [2.45, 2.75) is 62.2 Å². The minimum atomic E-state index is -0.300. The van der Waals surface area contributed by atoms with Gasteiger partial charge in [0.15, 0.2) is 5.79 Å². The van der Waals surface area contributed by atoms with Crippen LogP contribution in [0.5, 0.6) is 5.75 Å². The maximum absolute atomic E-state index is 6.19. The number of fused-ring (bicyclic) bond motifs is 1. The van der Waals surface area contributed by atoms with Crippen molar-refractivity contribution in [3.63, 3.8) is 0 Å². The summed E-state index contributed by atoms with van der Waals surface area (Å²) in [7, 11) is 1.79. The van der Waals surface area contributed by atoms with E-state index < -0.39 is 0 Å². The normalized spacial score (nSPS) is 37.1. The molecular formula is C23H31NO3. The molecule has 5 aliphatic rings. The lowest BCUT2D eigenvalue weighted by molar-refractivity contribution is -0.213. The summed E-state index contributed by atoms with van der Waals surface area (Å²) in [6.07, 6.45) is 8.61. The van der Waals surface area contributed by atoms with Crippen LogP contribution in [0.25, 0.3) is 0 Å². The molecule has 0 N–H and O–H groups in total. The molecule has 2 heterocycles. The fourth-order valence-electron chi connectivity index (χ4n) is 6.72. The topological polar surface area (TPSA) is 30.9 Å². The molecule has 3 atom stereocenters. The third-order valence-electron chi connectivity index (χ3n) is 8.26. The highest BCUT2D eigenvalue weighted by Crippen LogP contribution is 2.59. The van der Waals surface area contributed by atoms with Crippen molar-refractivity contribution in [1.29, 1.82) is 0 Å². The molecule has 4 fully saturated rings. The van der Waals surface area contributed by atoms with E-state index in [1.807, 2.05) is 0 Å². The van der Waals surface area contributed by atoms with Crippen molar-refractivity contribution in [1.82, 2.24) is 4.90 Å². The molecule has 2 bridgehead atoms. The molecule has 146 valence electrons. The van der Waals surface area contributed by atoms with E-state index in [0.29, 0.717) is 12.0 Å². The van der Waals surface area contributed by atoms with Gasteiger partial charge >= 0.3 is 0 Å². The molecule has 0 amide bonds. The van der Waals surface area contributed by atoms with Crippen LogP contribution in [0.15, 0.2) is 18.2 Å². The average Bonchev–Trinajstić information content (AvgIpc) is 3.41. The van der Waals surface area contributed by atoms with Crippen molar-refractivity contribution < 1.29 is 14.2 Å². The summed E-state index contributed by atoms with van der Waals surface area (Å²) < 4.78 is 18.0. The van der Waals surface area contributed by atoms with E-state index in [0.717, 1.165) is 37.7 Å². The molecule has 2 saturated heterocycles. The number of methoxy groups -OCH3 is 1. The first-order valence-electron chi connectivity index (χ1n) is 10.9. The third kappa shape index (κ3) is 2.53. The van der Waals surface area contributed by atoms with Crippen LogP contribution >= 0.6 is 0 Å². The van der Waals surface area contributed by atoms with Gasteiger partial charge in [-0.25, -0.2) is 0 Å². The lowest BCUT2D eigenvalue weighted by Gasteiger charge is -2.61. The lowest BCUT2D eigenvalue weighted by Crippen LogP contribution is -2.64. The summed E-state index contributed by atoms with van der Waals surface area (Å²) in [6.45, 7) is 4.08. The minimum absolute atomic E-state index is 0.285. The van der Waals surface area contributed by atoms with Crippen LogP contribution in [0.4, 0.5) is 0 Å². The van der Waals surface area contributed by atoms with Gasteiger partial charge in [0, 0.05) is 30.8 Å². The third-order valence-corrected chi connectivity index (χ3v) is 8.26. The van der Waals surface area contributed by atoms with Gasteiger partial charge < -0.3 is 14.2 Å². The van der Waals surface area contributed by atoms with E-state index in [-0.39, 0.29) is 11.2 Å². The number of nitrogens with zero attached hydrogens (tertiary/aromatic N) is 1. The zero-order valence-electron chi connectivity index (χ0n) is 16.4. The highest BCUT2D eigenvalue weighted by atomic mass is 16.7. The fraction of sp³-hybridized carbons (Fsp3) is 0.739. The van der Waals surface area contributed by atoms with Crippen LogP contribution in [0.2, 0.25) is 0 Å². The maximum atomic E-state index is 6.19. The first-order chi connectivity index (χ1) is 13.2. The molecule has 2 saturated carbocycles. The smallest absolute Gasteiger partial charge is 0.168 e. The fourth-order valence-corrected chi connectivity index (χ4v) is 6.72. The molecule has 2 aliphatic heterocycles. The molecular weight excluding hydrogens is 338 g/mol. The van der Waals surface area contributed by atoms with E-state index in [2.05, 4.69) is 23.1 Å². The van der Waals surface area contributed by atoms with E-state index in [1.165, 1.54) is 45.2 Å². The maximum Gasteiger partial charge on any atom is 0.168 e. The Morgan fingerprint density at radius 1 is 1.15 bits per heavy atom. The van der Waals surface area contributed by atoms with Crippen LogP contribution in [0, 0.1) is 11.8 Å². The number of rotatable bonds is 3. The zero-order chi connectivity index (χ0) is 18.1. The monoisotopic (exact) mass is 369 g/mol. The predicted octanol–water partition coefficient (Wildman–Crippen LogP) is 3.52. The summed E-state index contributed by atoms with van der Waals surface area (Å²) in [5.74, 6) is 2.29. The van der Waals surface area contributed by atoms with Crippen molar-refractivity contribution in [2.75, 3.05) is 33.4 Å². The molecule has 1 aromatic carbocycles. The van der Waals surface area contributed by atoms with Crippen molar-refractivity contribution in [2.24, 2.45) is 11.8 Å². The number of likely N-dealkylation sites (tertiary alicyclic amines) is 1. The van der Waals surface area contributed by atoms with Gasteiger partial charge in [-0.15, -0.1) is 0 Å². The molecule has 0 radical (unpaired) electrons. The van der Waals surface area contributed by atoms with E-state index in [1.54, 1.807) is 18.2 Å². The van der Waals surface area contributed by atoms with Crippen LogP contribution in [-0.4, -0.2) is 50.1 Å². The number of hydrogen-bond acceptors (Lipinski definition) is 4. The van der Waals surface area contributed by atoms with Gasteiger partial charge in [-0.2, -0.15) is 0 Å². The van der Waals surface area contributed by atoms with Crippen LogP contribution in [0.1, 0.15) is 49.7 Å². The van der Waals surface area contributed by atoms with Crippen molar-refractivity contribution in [3.05, 3.63) is 29.3 Å². The van der Waals surface area contributed by atoms with Gasteiger partial charge in [0.1, 0.15) is 5.75 Å². The van der Waals surface area contributed by atoms with Gasteiger partial charge in [-0.3, -0.25) is 4.90 Å². The molecule has 4 nitrogen and oxygen atoms in total. The molecule has 1 aromatic rings. The van der Waals surface area contributed by atoms with E-state index in [9.17, 15) is 0 Å². The van der Waals surface area contributed by atoms with Gasteiger partial charge in [0.05, 0.1) is 20.3 Å². The largest absolute Gasteiger partial charge is 0.497 e. The first kappa shape index (κ1) is 16.8. The van der Waals surface area contributed by atoms with Crippen LogP contribution in [-0.2, 0) is 21.3 Å². The van der Waals surface area contributed by atoms with Crippen LogP contribution < -0.4 is 4.74 Å². The number of piperidine rings is 1. The Labute approximate surface area is 162 Å². The quantitative estimate of drug-likeness (QED) is 0.816. The Balaban J connectivity index is 1.42. The first-order valence-corrected chi connectivity index (χ1v) is 10.9. The minimum Gasteiger partial charge on any atom is -0.497 e. The highest BCUT2D eigenvalue weighted by molar-refractivity contribution is 5.46. The number of benzene rings is 1. The Bertz CT molecular complexity index is 739.